The van der Waals surface area contributed by atoms with E-state index >= 15 is 0 Å². The highest BCUT2D eigenvalue weighted by Gasteiger charge is 2.35. The maximum atomic E-state index is 4.54. The summed E-state index contributed by atoms with van der Waals surface area (Å²) < 4.78 is 4.79. The van der Waals surface area contributed by atoms with E-state index in [1.54, 1.807) is 0 Å². The minimum atomic E-state index is -1.59. The molecule has 1 atom stereocenters. The van der Waals surface area contributed by atoms with Gasteiger partial charge in [0, 0.05) is 6.54 Å². The van der Waals surface area contributed by atoms with Gasteiger partial charge < -0.3 is 0 Å². The molecule has 0 spiro atoms. The zero-order chi connectivity index (χ0) is 18.0. The summed E-state index contributed by atoms with van der Waals surface area (Å²) in [6, 6.07) is 19.0. The van der Waals surface area contributed by atoms with Crippen LogP contribution in [0.25, 0.3) is 11.0 Å². The summed E-state index contributed by atoms with van der Waals surface area (Å²) in [5, 5.41) is 8.94. The standard InChI is InChI=1S/C20H28N4Si/c1-16(2)20(24-19-14-10-9-13-18(19)21-22-24)23(25(3,4)5)15-17-11-7-6-8-12-17/h6-14,16,20H,15H2,1-5H3. The quantitative estimate of drug-likeness (QED) is 0.590. The molecule has 25 heavy (non-hydrogen) atoms. The molecule has 0 aliphatic rings. The van der Waals surface area contributed by atoms with Crippen molar-refractivity contribution in [2.45, 2.75) is 46.2 Å². The zero-order valence-electron chi connectivity index (χ0n) is 15.8. The lowest BCUT2D eigenvalue weighted by molar-refractivity contribution is 0.158. The maximum absolute atomic E-state index is 4.54. The van der Waals surface area contributed by atoms with E-state index in [9.17, 15) is 0 Å². The van der Waals surface area contributed by atoms with Crippen molar-refractivity contribution in [3.05, 3.63) is 60.2 Å². The number of nitrogens with zero attached hydrogens (tertiary/aromatic N) is 4. The molecule has 5 heteroatoms. The van der Waals surface area contributed by atoms with Crippen LogP contribution in [0.3, 0.4) is 0 Å². The molecule has 0 aliphatic carbocycles. The van der Waals surface area contributed by atoms with Crippen molar-refractivity contribution in [3.8, 4) is 0 Å². The van der Waals surface area contributed by atoms with Crippen molar-refractivity contribution in [3.63, 3.8) is 0 Å². The average molecular weight is 353 g/mol. The predicted octanol–water partition coefficient (Wildman–Crippen LogP) is 4.92. The Balaban J connectivity index is 2.06. The minimum absolute atomic E-state index is 0.194. The van der Waals surface area contributed by atoms with E-state index in [0.717, 1.165) is 17.6 Å². The molecule has 132 valence electrons. The Bertz CT molecular complexity index is 820. The van der Waals surface area contributed by atoms with Gasteiger partial charge in [0.15, 0.2) is 0 Å². The van der Waals surface area contributed by atoms with Gasteiger partial charge in [0.2, 0.25) is 0 Å². The first-order valence-corrected chi connectivity index (χ1v) is 12.4. The number of para-hydroxylation sites is 1. The van der Waals surface area contributed by atoms with Gasteiger partial charge in [0.25, 0.3) is 0 Å². The van der Waals surface area contributed by atoms with Crippen LogP contribution in [0.2, 0.25) is 19.6 Å². The number of aromatic nitrogens is 3. The van der Waals surface area contributed by atoms with Crippen molar-refractivity contribution >= 4 is 19.3 Å². The van der Waals surface area contributed by atoms with E-state index in [2.05, 4.69) is 95.5 Å². The van der Waals surface area contributed by atoms with Gasteiger partial charge in [0.05, 0.1) is 5.52 Å². The average Bonchev–Trinajstić information content (AvgIpc) is 2.98. The van der Waals surface area contributed by atoms with Gasteiger partial charge in [0.1, 0.15) is 19.9 Å². The van der Waals surface area contributed by atoms with Crippen molar-refractivity contribution in [2.75, 3.05) is 0 Å². The van der Waals surface area contributed by atoms with Crippen molar-refractivity contribution in [2.24, 2.45) is 5.92 Å². The van der Waals surface area contributed by atoms with Crippen LogP contribution in [-0.4, -0.2) is 27.8 Å². The summed E-state index contributed by atoms with van der Waals surface area (Å²) >= 11 is 0. The maximum Gasteiger partial charge on any atom is 0.122 e. The third-order valence-corrected chi connectivity index (χ3v) is 6.75. The first kappa shape index (κ1) is 17.8. The fraction of sp³-hybridized carbons (Fsp3) is 0.400. The number of benzene rings is 2. The number of fused-ring (bicyclic) bond motifs is 1. The molecule has 2 aromatic carbocycles. The topological polar surface area (TPSA) is 34.0 Å². The Hall–Kier alpha value is -1.98. The van der Waals surface area contributed by atoms with Crippen LogP contribution in [0.15, 0.2) is 54.6 Å². The molecule has 0 bridgehead atoms. The SMILES string of the molecule is CC(C)C(N(Cc1ccccc1)[Si](C)(C)C)n1nnc2ccccc21. The molecule has 0 aliphatic heterocycles. The van der Waals surface area contributed by atoms with Gasteiger partial charge in [-0.3, -0.25) is 4.57 Å². The highest BCUT2D eigenvalue weighted by molar-refractivity contribution is 6.73. The van der Waals surface area contributed by atoms with Crippen LogP contribution in [0.1, 0.15) is 25.6 Å². The summed E-state index contributed by atoms with van der Waals surface area (Å²) in [7, 11) is -1.59. The van der Waals surface area contributed by atoms with Crippen molar-refractivity contribution in [1.29, 1.82) is 0 Å². The number of hydrogen-bond acceptors (Lipinski definition) is 3. The predicted molar refractivity (Wildman–Crippen MR) is 107 cm³/mol. The summed E-state index contributed by atoms with van der Waals surface area (Å²) in [5.41, 5.74) is 3.42. The molecule has 0 N–H and O–H groups in total. The van der Waals surface area contributed by atoms with E-state index in [1.165, 1.54) is 5.56 Å². The van der Waals surface area contributed by atoms with Crippen molar-refractivity contribution < 1.29 is 0 Å². The second-order valence-corrected chi connectivity index (χ2v) is 12.9. The van der Waals surface area contributed by atoms with Gasteiger partial charge >= 0.3 is 0 Å². The van der Waals surface area contributed by atoms with Crippen LogP contribution in [0.4, 0.5) is 0 Å². The van der Waals surface area contributed by atoms with Crippen LogP contribution in [0.5, 0.6) is 0 Å². The van der Waals surface area contributed by atoms with Gasteiger partial charge in [-0.25, -0.2) is 4.68 Å². The van der Waals surface area contributed by atoms with E-state index in [1.807, 2.05) is 12.1 Å². The normalized spacial score (nSPS) is 13.7. The molecular weight excluding hydrogens is 324 g/mol. The Morgan fingerprint density at radius 3 is 2.24 bits per heavy atom. The molecule has 0 fully saturated rings. The molecular formula is C20H28N4Si. The van der Waals surface area contributed by atoms with E-state index < -0.39 is 8.24 Å². The van der Waals surface area contributed by atoms with E-state index in [0.29, 0.717) is 5.92 Å². The van der Waals surface area contributed by atoms with Crippen molar-refractivity contribution in [1.82, 2.24) is 19.6 Å². The summed E-state index contributed by atoms with van der Waals surface area (Å²) in [6.45, 7) is 12.7. The third kappa shape index (κ3) is 3.83. The zero-order valence-corrected chi connectivity index (χ0v) is 16.8. The number of hydrogen-bond donors (Lipinski definition) is 0. The molecule has 1 unspecified atom stereocenters. The lowest BCUT2D eigenvalue weighted by Crippen LogP contribution is -2.51. The minimum Gasteiger partial charge on any atom is -0.299 e. The lowest BCUT2D eigenvalue weighted by Gasteiger charge is -2.42. The Morgan fingerprint density at radius 1 is 0.960 bits per heavy atom. The first-order chi connectivity index (χ1) is 11.9. The molecule has 0 radical (unpaired) electrons. The largest absolute Gasteiger partial charge is 0.299 e. The molecule has 1 heterocycles. The fourth-order valence-corrected chi connectivity index (χ4v) is 5.22. The summed E-state index contributed by atoms with van der Waals surface area (Å²) in [4.78, 5) is 0. The molecule has 1 aromatic heterocycles. The molecule has 3 aromatic rings. The van der Waals surface area contributed by atoms with Gasteiger partial charge in [-0.1, -0.05) is 81.2 Å². The van der Waals surface area contributed by atoms with Crippen LogP contribution < -0.4 is 0 Å². The Kier molecular flexibility index (Phi) is 5.06. The Morgan fingerprint density at radius 2 is 1.60 bits per heavy atom. The molecule has 3 rings (SSSR count). The van der Waals surface area contributed by atoms with E-state index in [-0.39, 0.29) is 6.17 Å². The molecule has 0 amide bonds. The lowest BCUT2D eigenvalue weighted by atomic mass is 10.1. The Labute approximate surface area is 151 Å². The van der Waals surface area contributed by atoms with Gasteiger partial charge in [-0.05, 0) is 23.6 Å². The molecule has 4 nitrogen and oxygen atoms in total. The highest BCUT2D eigenvalue weighted by Crippen LogP contribution is 2.31. The monoisotopic (exact) mass is 352 g/mol. The van der Waals surface area contributed by atoms with Crippen LogP contribution in [0, 0.1) is 5.92 Å². The smallest absolute Gasteiger partial charge is 0.122 e. The van der Waals surface area contributed by atoms with Crippen LogP contribution in [-0.2, 0) is 6.54 Å². The molecule has 0 saturated heterocycles. The highest BCUT2D eigenvalue weighted by atomic mass is 28.3. The summed E-state index contributed by atoms with van der Waals surface area (Å²) in [6.07, 6.45) is 0.194. The molecule has 0 saturated carbocycles. The second kappa shape index (κ2) is 7.10. The van der Waals surface area contributed by atoms with Crippen LogP contribution >= 0.6 is 0 Å². The second-order valence-electron chi connectivity index (χ2n) is 7.96. The fourth-order valence-electron chi connectivity index (χ4n) is 3.36. The van der Waals surface area contributed by atoms with Gasteiger partial charge in [-0.15, -0.1) is 5.10 Å². The van der Waals surface area contributed by atoms with Gasteiger partial charge in [-0.2, -0.15) is 0 Å². The third-order valence-electron chi connectivity index (χ3n) is 4.60. The number of rotatable bonds is 6. The summed E-state index contributed by atoms with van der Waals surface area (Å²) in [5.74, 6) is 0.431. The first-order valence-electron chi connectivity index (χ1n) is 8.98. The van der Waals surface area contributed by atoms with E-state index in [4.69, 9.17) is 0 Å².